The lowest BCUT2D eigenvalue weighted by atomic mass is 9.95. The summed E-state index contributed by atoms with van der Waals surface area (Å²) in [5.41, 5.74) is 5.50. The molecule has 0 heterocycles. The Morgan fingerprint density at radius 1 is 1.38 bits per heavy atom. The third-order valence-electron chi connectivity index (χ3n) is 2.85. The van der Waals surface area contributed by atoms with Crippen molar-refractivity contribution in [3.63, 3.8) is 0 Å². The molecular weight excluding hydrogens is 228 g/mol. The molecule has 0 radical (unpaired) electrons. The Morgan fingerprint density at radius 2 is 1.94 bits per heavy atom. The zero-order valence-electron chi connectivity index (χ0n) is 9.66. The largest absolute Gasteiger partial charge is 0.325 e. The normalized spacial score (nSPS) is 19.6. The molecule has 1 aliphatic carbocycles. The van der Waals surface area contributed by atoms with E-state index in [0.717, 1.165) is 25.7 Å². The van der Waals surface area contributed by atoms with Crippen LogP contribution in [0.1, 0.15) is 45.4 Å². The lowest BCUT2D eigenvalue weighted by Gasteiger charge is -2.22. The summed E-state index contributed by atoms with van der Waals surface area (Å²) >= 11 is 0. The Hall–Kier alpha value is -0.620. The standard InChI is InChI=1S/C10H20N2O3S/c1-2-7-16(14,15)12-9(13)8-10(11)5-3-4-6-10/h2-8,11H2,1H3,(H,12,13). The molecule has 5 nitrogen and oxygen atoms in total. The first-order valence-corrected chi connectivity index (χ1v) is 7.34. The summed E-state index contributed by atoms with van der Waals surface area (Å²) in [6, 6.07) is 0. The van der Waals surface area contributed by atoms with Crippen LogP contribution in [0.15, 0.2) is 0 Å². The number of hydrogen-bond donors (Lipinski definition) is 2. The Bertz CT molecular complexity index is 345. The van der Waals surface area contributed by atoms with Crippen LogP contribution in [0, 0.1) is 0 Å². The second-order valence-electron chi connectivity index (χ2n) is 4.59. The zero-order chi connectivity index (χ0) is 12.2. The number of nitrogens with one attached hydrogen (secondary N) is 1. The molecule has 1 rings (SSSR count). The third kappa shape index (κ3) is 4.09. The number of carbonyl (C=O) groups excluding carboxylic acids is 1. The highest BCUT2D eigenvalue weighted by Gasteiger charge is 2.32. The molecule has 0 saturated heterocycles. The fourth-order valence-electron chi connectivity index (χ4n) is 2.10. The van der Waals surface area contributed by atoms with Crippen molar-refractivity contribution in [3.05, 3.63) is 0 Å². The second kappa shape index (κ2) is 5.14. The average Bonchev–Trinajstić information content (AvgIpc) is 2.49. The highest BCUT2D eigenvalue weighted by Crippen LogP contribution is 2.29. The Labute approximate surface area is 96.8 Å². The topological polar surface area (TPSA) is 89.3 Å². The molecule has 1 aliphatic rings. The molecule has 1 fully saturated rings. The van der Waals surface area contributed by atoms with Crippen LogP contribution in [0.5, 0.6) is 0 Å². The van der Waals surface area contributed by atoms with Gasteiger partial charge in [-0.2, -0.15) is 0 Å². The molecule has 0 unspecified atom stereocenters. The average molecular weight is 248 g/mol. The monoisotopic (exact) mass is 248 g/mol. The first-order chi connectivity index (χ1) is 7.37. The van der Waals surface area contributed by atoms with E-state index in [4.69, 9.17) is 5.73 Å². The lowest BCUT2D eigenvalue weighted by Crippen LogP contribution is -2.43. The quantitative estimate of drug-likeness (QED) is 0.741. The van der Waals surface area contributed by atoms with E-state index in [-0.39, 0.29) is 12.2 Å². The highest BCUT2D eigenvalue weighted by molar-refractivity contribution is 7.90. The summed E-state index contributed by atoms with van der Waals surface area (Å²) < 4.78 is 24.8. The van der Waals surface area contributed by atoms with E-state index in [9.17, 15) is 13.2 Å². The van der Waals surface area contributed by atoms with Gasteiger partial charge in [-0.15, -0.1) is 0 Å². The first-order valence-electron chi connectivity index (χ1n) is 5.69. The van der Waals surface area contributed by atoms with Crippen molar-refractivity contribution in [3.8, 4) is 0 Å². The van der Waals surface area contributed by atoms with Crippen LogP contribution < -0.4 is 10.5 Å². The Kier molecular flexibility index (Phi) is 4.32. The van der Waals surface area contributed by atoms with E-state index in [1.54, 1.807) is 6.92 Å². The number of rotatable bonds is 5. The molecule has 0 aromatic rings. The molecule has 0 aromatic carbocycles. The van der Waals surface area contributed by atoms with E-state index in [1.165, 1.54) is 0 Å². The maximum atomic E-state index is 11.5. The number of carbonyl (C=O) groups is 1. The minimum Gasteiger partial charge on any atom is -0.325 e. The Balaban J connectivity index is 2.47. The number of hydrogen-bond acceptors (Lipinski definition) is 4. The van der Waals surface area contributed by atoms with Gasteiger partial charge in [0.15, 0.2) is 0 Å². The third-order valence-corrected chi connectivity index (χ3v) is 4.34. The second-order valence-corrected chi connectivity index (χ2v) is 6.43. The highest BCUT2D eigenvalue weighted by atomic mass is 32.2. The van der Waals surface area contributed by atoms with Crippen LogP contribution in [0.2, 0.25) is 0 Å². The van der Waals surface area contributed by atoms with Crippen LogP contribution in [0.4, 0.5) is 0 Å². The van der Waals surface area contributed by atoms with Crippen molar-refractivity contribution in [1.82, 2.24) is 4.72 Å². The number of sulfonamides is 1. The minimum atomic E-state index is -3.45. The molecule has 0 aromatic heterocycles. The SMILES string of the molecule is CCCS(=O)(=O)NC(=O)CC1(N)CCCC1. The fourth-order valence-corrected chi connectivity index (χ4v) is 3.16. The summed E-state index contributed by atoms with van der Waals surface area (Å²) in [5.74, 6) is -0.492. The van der Waals surface area contributed by atoms with Crippen LogP contribution in [0.25, 0.3) is 0 Å². The molecule has 16 heavy (non-hydrogen) atoms. The van der Waals surface area contributed by atoms with E-state index >= 15 is 0 Å². The zero-order valence-corrected chi connectivity index (χ0v) is 10.5. The van der Waals surface area contributed by atoms with E-state index in [2.05, 4.69) is 4.72 Å². The molecule has 0 atom stereocenters. The van der Waals surface area contributed by atoms with Crippen LogP contribution in [0.3, 0.4) is 0 Å². The summed E-state index contributed by atoms with van der Waals surface area (Å²) in [7, 11) is -3.45. The molecule has 1 saturated carbocycles. The van der Waals surface area contributed by atoms with Gasteiger partial charge in [-0.25, -0.2) is 8.42 Å². The van der Waals surface area contributed by atoms with Crippen LogP contribution in [-0.4, -0.2) is 25.6 Å². The summed E-state index contributed by atoms with van der Waals surface area (Å²) in [5, 5.41) is 0. The van der Waals surface area contributed by atoms with Crippen molar-refractivity contribution < 1.29 is 13.2 Å². The van der Waals surface area contributed by atoms with Crippen molar-refractivity contribution in [2.75, 3.05) is 5.75 Å². The van der Waals surface area contributed by atoms with Gasteiger partial charge in [0.05, 0.1) is 5.75 Å². The summed E-state index contributed by atoms with van der Waals surface area (Å²) in [6.45, 7) is 1.76. The van der Waals surface area contributed by atoms with Gasteiger partial charge in [0, 0.05) is 12.0 Å². The predicted octanol–water partition coefficient (Wildman–Crippen LogP) is 0.504. The molecule has 1 amide bonds. The molecule has 0 spiro atoms. The summed E-state index contributed by atoms with van der Waals surface area (Å²) in [6.07, 6.45) is 4.24. The van der Waals surface area contributed by atoms with Gasteiger partial charge in [0.2, 0.25) is 15.9 Å². The number of amides is 1. The van der Waals surface area contributed by atoms with E-state index in [1.807, 2.05) is 0 Å². The first kappa shape index (κ1) is 13.4. The maximum Gasteiger partial charge on any atom is 0.235 e. The molecule has 94 valence electrons. The molecule has 6 heteroatoms. The molecule has 3 N–H and O–H groups in total. The van der Waals surface area contributed by atoms with Crippen LogP contribution >= 0.6 is 0 Å². The van der Waals surface area contributed by atoms with Gasteiger partial charge < -0.3 is 5.73 Å². The smallest absolute Gasteiger partial charge is 0.235 e. The Morgan fingerprint density at radius 3 is 2.44 bits per heavy atom. The number of nitrogens with two attached hydrogens (primary N) is 1. The van der Waals surface area contributed by atoms with Crippen LogP contribution in [-0.2, 0) is 14.8 Å². The fraction of sp³-hybridized carbons (Fsp3) is 0.900. The predicted molar refractivity (Wildman–Crippen MR) is 62.2 cm³/mol. The molecular formula is C10H20N2O3S. The van der Waals surface area contributed by atoms with E-state index < -0.39 is 21.5 Å². The van der Waals surface area contributed by atoms with Gasteiger partial charge in [-0.05, 0) is 19.3 Å². The summed E-state index contributed by atoms with van der Waals surface area (Å²) in [4.78, 5) is 11.5. The van der Waals surface area contributed by atoms with Gasteiger partial charge in [-0.3, -0.25) is 9.52 Å². The van der Waals surface area contributed by atoms with Crippen molar-refractivity contribution >= 4 is 15.9 Å². The molecule has 0 bridgehead atoms. The van der Waals surface area contributed by atoms with Gasteiger partial charge in [-0.1, -0.05) is 19.8 Å². The van der Waals surface area contributed by atoms with Crippen molar-refractivity contribution in [1.29, 1.82) is 0 Å². The van der Waals surface area contributed by atoms with Gasteiger partial charge >= 0.3 is 0 Å². The van der Waals surface area contributed by atoms with Crippen molar-refractivity contribution in [2.24, 2.45) is 5.73 Å². The van der Waals surface area contributed by atoms with E-state index in [0.29, 0.717) is 6.42 Å². The minimum absolute atomic E-state index is 0.0175. The molecule has 0 aliphatic heterocycles. The van der Waals surface area contributed by atoms with Gasteiger partial charge in [0.25, 0.3) is 0 Å². The maximum absolute atomic E-state index is 11.5. The van der Waals surface area contributed by atoms with Crippen molar-refractivity contribution in [2.45, 2.75) is 51.0 Å². The van der Waals surface area contributed by atoms with Gasteiger partial charge in [0.1, 0.15) is 0 Å². The lowest BCUT2D eigenvalue weighted by molar-refractivity contribution is -0.120.